The van der Waals surface area contributed by atoms with E-state index in [2.05, 4.69) is 10.0 Å². The quantitative estimate of drug-likeness (QED) is 0.444. The van der Waals surface area contributed by atoms with Gasteiger partial charge in [0.1, 0.15) is 0 Å². The van der Waals surface area contributed by atoms with Crippen LogP contribution < -0.4 is 10.0 Å². The SMILES string of the molecule is CNCCCN(C)S(=O)(=O)NCCCOCCOC. The number of ether oxygens (including phenoxy) is 2. The second kappa shape index (κ2) is 11.6. The fourth-order valence-corrected chi connectivity index (χ4v) is 2.32. The Bertz CT molecular complexity index is 298. The second-order valence-electron chi connectivity index (χ2n) is 4.14. The van der Waals surface area contributed by atoms with Crippen molar-refractivity contribution in [2.45, 2.75) is 12.8 Å². The first-order valence-corrected chi connectivity index (χ1v) is 7.90. The van der Waals surface area contributed by atoms with Crippen LogP contribution >= 0.6 is 0 Å². The first kappa shape index (κ1) is 18.8. The molecule has 0 aliphatic rings. The zero-order valence-electron chi connectivity index (χ0n) is 12.1. The van der Waals surface area contributed by atoms with Gasteiger partial charge in [0, 0.05) is 33.9 Å². The number of hydrogen-bond donors (Lipinski definition) is 2. The molecule has 0 amide bonds. The van der Waals surface area contributed by atoms with E-state index in [0.29, 0.717) is 39.3 Å². The molecule has 0 atom stereocenters. The molecule has 0 aromatic carbocycles. The fraction of sp³-hybridized carbons (Fsp3) is 1.00. The summed E-state index contributed by atoms with van der Waals surface area (Å²) in [7, 11) is 1.67. The van der Waals surface area contributed by atoms with Crippen LogP contribution in [0.2, 0.25) is 0 Å². The van der Waals surface area contributed by atoms with Crippen molar-refractivity contribution in [2.24, 2.45) is 0 Å². The summed E-state index contributed by atoms with van der Waals surface area (Å²) >= 11 is 0. The predicted octanol–water partition coefficient (Wildman–Crippen LogP) is -0.585. The number of nitrogens with zero attached hydrogens (tertiary/aromatic N) is 1. The van der Waals surface area contributed by atoms with Gasteiger partial charge in [-0.1, -0.05) is 0 Å². The lowest BCUT2D eigenvalue weighted by molar-refractivity contribution is 0.0699. The summed E-state index contributed by atoms with van der Waals surface area (Å²) in [6, 6.07) is 0. The highest BCUT2D eigenvalue weighted by Crippen LogP contribution is 1.95. The van der Waals surface area contributed by atoms with Crippen LogP contribution in [0.1, 0.15) is 12.8 Å². The Morgan fingerprint density at radius 2 is 1.84 bits per heavy atom. The van der Waals surface area contributed by atoms with Crippen LogP contribution in [0.3, 0.4) is 0 Å². The van der Waals surface area contributed by atoms with Gasteiger partial charge >= 0.3 is 0 Å². The van der Waals surface area contributed by atoms with Gasteiger partial charge in [-0.05, 0) is 26.4 Å². The normalized spacial score (nSPS) is 12.2. The van der Waals surface area contributed by atoms with Gasteiger partial charge in [-0.25, -0.2) is 4.72 Å². The Morgan fingerprint density at radius 3 is 2.47 bits per heavy atom. The van der Waals surface area contributed by atoms with E-state index in [0.717, 1.165) is 13.0 Å². The van der Waals surface area contributed by atoms with Crippen LogP contribution in [0.15, 0.2) is 0 Å². The molecular weight excluding hydrogens is 270 g/mol. The number of rotatable bonds is 13. The second-order valence-corrected chi connectivity index (χ2v) is 6.00. The molecule has 0 spiro atoms. The minimum atomic E-state index is -3.36. The Kier molecular flexibility index (Phi) is 11.4. The molecule has 0 bridgehead atoms. The molecule has 2 N–H and O–H groups in total. The molecule has 0 fully saturated rings. The van der Waals surface area contributed by atoms with E-state index in [1.807, 2.05) is 7.05 Å². The average Bonchev–Trinajstić information content (AvgIpc) is 2.37. The van der Waals surface area contributed by atoms with E-state index in [1.54, 1.807) is 14.2 Å². The number of hydrogen-bond acceptors (Lipinski definition) is 5. The molecule has 0 saturated heterocycles. The Balaban J connectivity index is 3.66. The monoisotopic (exact) mass is 297 g/mol. The number of nitrogens with one attached hydrogen (secondary N) is 2. The van der Waals surface area contributed by atoms with E-state index in [-0.39, 0.29) is 0 Å². The van der Waals surface area contributed by atoms with E-state index < -0.39 is 10.2 Å². The first-order chi connectivity index (χ1) is 9.04. The van der Waals surface area contributed by atoms with Crippen LogP contribution in [0.4, 0.5) is 0 Å². The van der Waals surface area contributed by atoms with Crippen LogP contribution in [-0.2, 0) is 19.7 Å². The maximum absolute atomic E-state index is 11.8. The summed E-state index contributed by atoms with van der Waals surface area (Å²) < 4.78 is 37.5. The third-order valence-electron chi connectivity index (χ3n) is 2.49. The molecule has 0 unspecified atom stereocenters. The molecule has 116 valence electrons. The largest absolute Gasteiger partial charge is 0.382 e. The number of methoxy groups -OCH3 is 1. The van der Waals surface area contributed by atoms with Gasteiger partial charge in [0.15, 0.2) is 0 Å². The minimum Gasteiger partial charge on any atom is -0.382 e. The van der Waals surface area contributed by atoms with Gasteiger partial charge in [-0.3, -0.25) is 0 Å². The van der Waals surface area contributed by atoms with E-state index in [1.165, 1.54) is 4.31 Å². The first-order valence-electron chi connectivity index (χ1n) is 6.46. The van der Waals surface area contributed by atoms with Gasteiger partial charge in [-0.2, -0.15) is 12.7 Å². The lowest BCUT2D eigenvalue weighted by Crippen LogP contribution is -2.39. The van der Waals surface area contributed by atoms with Gasteiger partial charge in [0.05, 0.1) is 13.2 Å². The van der Waals surface area contributed by atoms with Gasteiger partial charge in [0.25, 0.3) is 10.2 Å². The van der Waals surface area contributed by atoms with Crippen molar-refractivity contribution in [1.29, 1.82) is 0 Å². The molecule has 0 aliphatic heterocycles. The molecule has 0 saturated carbocycles. The smallest absolute Gasteiger partial charge is 0.279 e. The van der Waals surface area contributed by atoms with Crippen molar-refractivity contribution in [3.05, 3.63) is 0 Å². The Labute approximate surface area is 116 Å². The van der Waals surface area contributed by atoms with Crippen molar-refractivity contribution in [3.8, 4) is 0 Å². The zero-order chi connectivity index (χ0) is 14.6. The molecule has 7 nitrogen and oxygen atoms in total. The van der Waals surface area contributed by atoms with Gasteiger partial charge in [0.2, 0.25) is 0 Å². The molecular formula is C11H27N3O4S. The topological polar surface area (TPSA) is 79.9 Å². The molecule has 0 rings (SSSR count). The lowest BCUT2D eigenvalue weighted by atomic mass is 10.4. The third kappa shape index (κ3) is 10.2. The molecule has 8 heteroatoms. The van der Waals surface area contributed by atoms with E-state index >= 15 is 0 Å². The summed E-state index contributed by atoms with van der Waals surface area (Å²) in [6.07, 6.45) is 1.43. The summed E-state index contributed by atoms with van der Waals surface area (Å²) in [4.78, 5) is 0. The van der Waals surface area contributed by atoms with Crippen molar-refractivity contribution >= 4 is 10.2 Å². The van der Waals surface area contributed by atoms with Gasteiger partial charge in [-0.15, -0.1) is 0 Å². The molecule has 0 aromatic rings. The maximum Gasteiger partial charge on any atom is 0.279 e. The fourth-order valence-electron chi connectivity index (χ4n) is 1.33. The highest BCUT2D eigenvalue weighted by molar-refractivity contribution is 7.87. The molecule has 19 heavy (non-hydrogen) atoms. The van der Waals surface area contributed by atoms with E-state index in [9.17, 15) is 8.42 Å². The molecule has 0 aromatic heterocycles. The summed E-state index contributed by atoms with van der Waals surface area (Å²) in [5.41, 5.74) is 0. The van der Waals surface area contributed by atoms with Crippen LogP contribution in [0.25, 0.3) is 0 Å². The highest BCUT2D eigenvalue weighted by Gasteiger charge is 2.15. The highest BCUT2D eigenvalue weighted by atomic mass is 32.2. The van der Waals surface area contributed by atoms with Crippen LogP contribution in [0, 0.1) is 0 Å². The van der Waals surface area contributed by atoms with Crippen molar-refractivity contribution in [2.75, 3.05) is 60.7 Å². The maximum atomic E-state index is 11.8. The summed E-state index contributed by atoms with van der Waals surface area (Å²) in [5.74, 6) is 0. The van der Waals surface area contributed by atoms with Crippen LogP contribution in [-0.4, -0.2) is 73.4 Å². The van der Waals surface area contributed by atoms with Crippen molar-refractivity contribution in [1.82, 2.24) is 14.3 Å². The van der Waals surface area contributed by atoms with Crippen LogP contribution in [0.5, 0.6) is 0 Å². The standard InChI is InChI=1S/C11H27N3O4S/c1-12-6-4-8-14(2)19(15,16)13-7-5-9-18-11-10-17-3/h12-13H,4-11H2,1-3H3. The predicted molar refractivity (Wildman–Crippen MR) is 75.4 cm³/mol. The molecule has 0 heterocycles. The van der Waals surface area contributed by atoms with Gasteiger partial charge < -0.3 is 14.8 Å². The van der Waals surface area contributed by atoms with E-state index in [4.69, 9.17) is 9.47 Å². The van der Waals surface area contributed by atoms with Crippen molar-refractivity contribution in [3.63, 3.8) is 0 Å². The lowest BCUT2D eigenvalue weighted by Gasteiger charge is -2.17. The summed E-state index contributed by atoms with van der Waals surface area (Å²) in [5, 5.41) is 2.98. The zero-order valence-corrected chi connectivity index (χ0v) is 13.0. The Hall–Kier alpha value is -0.250. The molecule has 0 radical (unpaired) electrons. The third-order valence-corrected chi connectivity index (χ3v) is 4.06. The molecule has 0 aliphatic carbocycles. The summed E-state index contributed by atoms with van der Waals surface area (Å²) in [6.45, 7) is 3.29. The minimum absolute atomic E-state index is 0.381. The Morgan fingerprint density at radius 1 is 1.11 bits per heavy atom. The van der Waals surface area contributed by atoms with Crippen molar-refractivity contribution < 1.29 is 17.9 Å². The average molecular weight is 297 g/mol.